The topological polar surface area (TPSA) is 86.7 Å². The largest absolute Gasteiger partial charge is 0.415 e. The summed E-state index contributed by atoms with van der Waals surface area (Å²) in [5.74, 6) is -4.74. The van der Waals surface area contributed by atoms with E-state index in [0.29, 0.717) is 0 Å². The summed E-state index contributed by atoms with van der Waals surface area (Å²) in [5, 5.41) is 0. The third-order valence-corrected chi connectivity index (χ3v) is 1.78. The molecule has 0 aliphatic heterocycles. The highest BCUT2D eigenvalue weighted by Gasteiger charge is 2.29. The van der Waals surface area contributed by atoms with E-state index in [-0.39, 0.29) is 0 Å². The normalized spacial score (nSPS) is 14.2. The fraction of sp³-hybridized carbons (Fsp3) is 0. The van der Waals surface area contributed by atoms with Gasteiger partial charge in [0.2, 0.25) is 23.1 Å². The van der Waals surface area contributed by atoms with Crippen LogP contribution in [0.3, 0.4) is 0 Å². The minimum atomic E-state index is -0.950. The molecule has 1 rings (SSSR count). The van der Waals surface area contributed by atoms with Crippen molar-refractivity contribution in [1.29, 1.82) is 0 Å². The van der Waals surface area contributed by atoms with Gasteiger partial charge < -0.3 is 9.47 Å². The lowest BCUT2D eigenvalue weighted by Crippen LogP contribution is -2.21. The summed E-state index contributed by atoms with van der Waals surface area (Å²) >= 11 is 0. The molecule has 0 spiro atoms. The molecule has 0 atom stereocenters. The van der Waals surface area contributed by atoms with E-state index in [1.54, 1.807) is 0 Å². The first-order valence-electron chi connectivity index (χ1n) is 4.69. The van der Waals surface area contributed by atoms with Crippen LogP contribution in [0.25, 0.3) is 0 Å². The number of allylic oxidation sites excluding steroid dienone is 2. The summed E-state index contributed by atoms with van der Waals surface area (Å²) in [6.07, 6.45) is 3.41. The first kappa shape index (κ1) is 13.3. The fourth-order valence-electron chi connectivity index (χ4n) is 1.00. The Morgan fingerprint density at radius 1 is 0.889 bits per heavy atom. The lowest BCUT2D eigenvalue weighted by Gasteiger charge is -2.12. The fourth-order valence-corrected chi connectivity index (χ4v) is 1.00. The molecular weight excluding hydrogens is 240 g/mol. The van der Waals surface area contributed by atoms with Gasteiger partial charge in [0.05, 0.1) is 0 Å². The third kappa shape index (κ3) is 2.88. The number of hydrogen-bond acceptors (Lipinski definition) is 6. The van der Waals surface area contributed by atoms with Crippen molar-refractivity contribution in [3.8, 4) is 0 Å². The first-order valence-corrected chi connectivity index (χ1v) is 4.69. The summed E-state index contributed by atoms with van der Waals surface area (Å²) in [4.78, 5) is 44.9. The van der Waals surface area contributed by atoms with E-state index in [1.807, 2.05) is 0 Å². The summed E-state index contributed by atoms with van der Waals surface area (Å²) in [7, 11) is 0. The molecule has 0 aromatic carbocycles. The van der Waals surface area contributed by atoms with E-state index in [4.69, 9.17) is 0 Å². The van der Waals surface area contributed by atoms with Crippen LogP contribution in [0.15, 0.2) is 49.0 Å². The molecular formula is C12H8O6. The predicted octanol–water partition coefficient (Wildman–Crippen LogP) is 0.364. The van der Waals surface area contributed by atoms with Gasteiger partial charge in [-0.25, -0.2) is 9.59 Å². The van der Waals surface area contributed by atoms with Crippen molar-refractivity contribution in [3.63, 3.8) is 0 Å². The Kier molecular flexibility index (Phi) is 4.09. The predicted molar refractivity (Wildman–Crippen MR) is 58.8 cm³/mol. The van der Waals surface area contributed by atoms with Crippen LogP contribution in [0.2, 0.25) is 0 Å². The van der Waals surface area contributed by atoms with Crippen LogP contribution >= 0.6 is 0 Å². The van der Waals surface area contributed by atoms with Crippen molar-refractivity contribution in [2.24, 2.45) is 0 Å². The maximum atomic E-state index is 11.4. The van der Waals surface area contributed by atoms with Gasteiger partial charge in [0.1, 0.15) is 0 Å². The Morgan fingerprint density at radius 2 is 1.22 bits per heavy atom. The van der Waals surface area contributed by atoms with Crippen LogP contribution in [0.1, 0.15) is 0 Å². The average Bonchev–Trinajstić information content (AvgIpc) is 2.37. The second kappa shape index (κ2) is 5.53. The molecule has 92 valence electrons. The smallest absolute Gasteiger partial charge is 0.335 e. The van der Waals surface area contributed by atoms with Crippen molar-refractivity contribution in [1.82, 2.24) is 0 Å². The molecule has 0 aromatic heterocycles. The first-order chi connectivity index (χ1) is 8.49. The van der Waals surface area contributed by atoms with Crippen molar-refractivity contribution in [2.75, 3.05) is 0 Å². The lowest BCUT2D eigenvalue weighted by molar-refractivity contribution is -0.141. The second-order valence-electron chi connectivity index (χ2n) is 2.97. The minimum absolute atomic E-state index is 0.650. The van der Waals surface area contributed by atoms with Crippen molar-refractivity contribution in [3.05, 3.63) is 49.0 Å². The molecule has 1 aliphatic rings. The van der Waals surface area contributed by atoms with Gasteiger partial charge in [-0.2, -0.15) is 0 Å². The third-order valence-electron chi connectivity index (χ3n) is 1.78. The molecule has 0 N–H and O–H groups in total. The number of ether oxygens (including phenoxy) is 2. The van der Waals surface area contributed by atoms with E-state index >= 15 is 0 Å². The maximum Gasteiger partial charge on any atom is 0.335 e. The van der Waals surface area contributed by atoms with Crippen LogP contribution in [0.4, 0.5) is 0 Å². The van der Waals surface area contributed by atoms with Gasteiger partial charge in [-0.05, 0) is 12.2 Å². The number of ketones is 2. The van der Waals surface area contributed by atoms with Crippen LogP contribution in [0.5, 0.6) is 0 Å². The molecule has 6 heteroatoms. The van der Waals surface area contributed by atoms with Crippen molar-refractivity contribution >= 4 is 23.5 Å². The minimum Gasteiger partial charge on any atom is -0.415 e. The molecule has 18 heavy (non-hydrogen) atoms. The second-order valence-corrected chi connectivity index (χ2v) is 2.97. The van der Waals surface area contributed by atoms with E-state index in [0.717, 1.165) is 24.3 Å². The van der Waals surface area contributed by atoms with Crippen LogP contribution in [-0.2, 0) is 28.7 Å². The van der Waals surface area contributed by atoms with Crippen molar-refractivity contribution < 1.29 is 28.7 Å². The molecule has 0 unspecified atom stereocenters. The summed E-state index contributed by atoms with van der Waals surface area (Å²) in [6.45, 7) is 6.27. The molecule has 1 aliphatic carbocycles. The number of rotatable bonds is 4. The van der Waals surface area contributed by atoms with Gasteiger partial charge in [0.15, 0.2) is 0 Å². The van der Waals surface area contributed by atoms with Gasteiger partial charge in [-0.15, -0.1) is 0 Å². The van der Waals surface area contributed by atoms with Crippen LogP contribution < -0.4 is 0 Å². The highest BCUT2D eigenvalue weighted by molar-refractivity contribution is 6.19. The quantitative estimate of drug-likeness (QED) is 0.405. The number of carbonyl (C=O) groups excluding carboxylic acids is 4. The number of hydrogen-bond donors (Lipinski definition) is 0. The van der Waals surface area contributed by atoms with E-state index in [9.17, 15) is 19.2 Å². The summed E-state index contributed by atoms with van der Waals surface area (Å²) in [6, 6.07) is 0. The van der Waals surface area contributed by atoms with E-state index < -0.39 is 35.0 Å². The molecule has 0 amide bonds. The zero-order valence-corrected chi connectivity index (χ0v) is 9.17. The highest BCUT2D eigenvalue weighted by Crippen LogP contribution is 2.17. The molecule has 0 aromatic rings. The van der Waals surface area contributed by atoms with Gasteiger partial charge in [-0.3, -0.25) is 9.59 Å². The van der Waals surface area contributed by atoms with Gasteiger partial charge >= 0.3 is 11.9 Å². The van der Waals surface area contributed by atoms with Gasteiger partial charge in [-0.1, -0.05) is 13.2 Å². The van der Waals surface area contributed by atoms with Gasteiger partial charge in [0, 0.05) is 12.2 Å². The Hall–Kier alpha value is -2.76. The highest BCUT2D eigenvalue weighted by atomic mass is 16.6. The van der Waals surface area contributed by atoms with E-state index in [2.05, 4.69) is 22.6 Å². The number of carbonyl (C=O) groups is 4. The Bertz CT molecular complexity index is 475. The monoisotopic (exact) mass is 248 g/mol. The molecule has 0 radical (unpaired) electrons. The standard InChI is InChI=1S/C12H8O6/c1-3-9(15)17-11-7(13)5-6-8(14)12(11)18-10(16)4-2/h3-6H,1-2H2. The van der Waals surface area contributed by atoms with Crippen LogP contribution in [0, 0.1) is 0 Å². The Morgan fingerprint density at radius 3 is 1.50 bits per heavy atom. The van der Waals surface area contributed by atoms with Crippen LogP contribution in [-0.4, -0.2) is 23.5 Å². The number of esters is 2. The maximum absolute atomic E-state index is 11.4. The van der Waals surface area contributed by atoms with E-state index in [1.165, 1.54) is 0 Å². The molecule has 0 saturated heterocycles. The van der Waals surface area contributed by atoms with Gasteiger partial charge in [0.25, 0.3) is 0 Å². The molecule has 0 saturated carbocycles. The zero-order chi connectivity index (χ0) is 13.7. The molecule has 0 fully saturated rings. The zero-order valence-electron chi connectivity index (χ0n) is 9.17. The van der Waals surface area contributed by atoms with Crippen molar-refractivity contribution in [2.45, 2.75) is 0 Å². The molecule has 0 heterocycles. The Balaban J connectivity index is 3.15. The SMILES string of the molecule is C=CC(=O)OC1=C(OC(=O)C=C)C(=O)C=CC1=O. The summed E-state index contributed by atoms with van der Waals surface area (Å²) < 4.78 is 9.14. The average molecular weight is 248 g/mol. The molecule has 6 nitrogen and oxygen atoms in total. The molecule has 0 bridgehead atoms. The summed E-state index contributed by atoms with van der Waals surface area (Å²) in [5.41, 5.74) is 0. The Labute approximate surface area is 102 Å². The lowest BCUT2D eigenvalue weighted by atomic mass is 10.1.